The number of carbonyl (C=O) groups excluding carboxylic acids is 2. The minimum absolute atomic E-state index is 0.260. The predicted octanol–water partition coefficient (Wildman–Crippen LogP) is 5.63. The third kappa shape index (κ3) is 5.14. The number of hydrogen-bond donors (Lipinski definition) is 0. The van der Waals surface area contributed by atoms with Gasteiger partial charge in [0.1, 0.15) is 0 Å². The third-order valence-corrected chi connectivity index (χ3v) is 5.04. The molecule has 3 rings (SSSR count). The summed E-state index contributed by atoms with van der Waals surface area (Å²) in [6, 6.07) is 14.2. The van der Waals surface area contributed by atoms with Crippen molar-refractivity contribution in [2.45, 2.75) is 33.6 Å². The number of aromatic nitrogens is 2. The van der Waals surface area contributed by atoms with Gasteiger partial charge in [-0.15, -0.1) is 0 Å². The van der Waals surface area contributed by atoms with Crippen LogP contribution in [-0.2, 0) is 9.47 Å². The Balaban J connectivity index is 2.05. The molecule has 1 heterocycles. The van der Waals surface area contributed by atoms with E-state index >= 15 is 0 Å². The van der Waals surface area contributed by atoms with E-state index in [1.807, 2.05) is 26.0 Å². The zero-order valence-corrected chi connectivity index (χ0v) is 18.6. The molecule has 0 saturated carbocycles. The van der Waals surface area contributed by atoms with E-state index < -0.39 is 5.97 Å². The van der Waals surface area contributed by atoms with Gasteiger partial charge in [-0.3, -0.25) is 0 Å². The lowest BCUT2D eigenvalue weighted by molar-refractivity contribution is 0.0489. The summed E-state index contributed by atoms with van der Waals surface area (Å²) in [6.07, 6.45) is 1.73. The van der Waals surface area contributed by atoms with E-state index in [0.29, 0.717) is 35.1 Å². The Labute approximate surface area is 186 Å². The summed E-state index contributed by atoms with van der Waals surface area (Å²) >= 11 is 6.05. The first-order chi connectivity index (χ1) is 15.0. The maximum atomic E-state index is 12.7. The molecule has 0 aliphatic carbocycles. The molecule has 0 fully saturated rings. The Bertz CT molecular complexity index is 1060. The second-order valence-electron chi connectivity index (χ2n) is 7.00. The number of halogens is 1. The van der Waals surface area contributed by atoms with Crippen molar-refractivity contribution in [1.29, 1.82) is 0 Å². The normalized spacial score (nSPS) is 10.7. The Morgan fingerprint density at radius 1 is 0.968 bits per heavy atom. The standard InChI is InChI=1S/C24H25ClN2O4/c1-4-6-15-31-24(29)21-16(3)22(17-7-11-19(25)12-8-17)27(26-21)20-13-9-18(10-14-20)23(28)30-5-2/h7-14H,4-6,15H2,1-3H3. The van der Waals surface area contributed by atoms with Gasteiger partial charge in [-0.05, 0) is 56.7 Å². The fraction of sp³-hybridized carbons (Fsp3) is 0.292. The van der Waals surface area contributed by atoms with Crippen LogP contribution >= 0.6 is 11.6 Å². The Morgan fingerprint density at radius 3 is 2.26 bits per heavy atom. The molecule has 162 valence electrons. The molecule has 31 heavy (non-hydrogen) atoms. The van der Waals surface area contributed by atoms with Gasteiger partial charge in [0.25, 0.3) is 0 Å². The molecule has 0 N–H and O–H groups in total. The van der Waals surface area contributed by atoms with E-state index in [1.165, 1.54) is 0 Å². The van der Waals surface area contributed by atoms with Crippen molar-refractivity contribution in [3.63, 3.8) is 0 Å². The number of hydrogen-bond acceptors (Lipinski definition) is 5. The Hall–Kier alpha value is -3.12. The quantitative estimate of drug-likeness (QED) is 0.335. The van der Waals surface area contributed by atoms with E-state index in [-0.39, 0.29) is 11.7 Å². The van der Waals surface area contributed by atoms with Gasteiger partial charge in [-0.2, -0.15) is 5.10 Å². The van der Waals surface area contributed by atoms with E-state index in [2.05, 4.69) is 5.10 Å². The van der Waals surface area contributed by atoms with Crippen molar-refractivity contribution < 1.29 is 19.1 Å². The van der Waals surface area contributed by atoms with Crippen molar-refractivity contribution in [3.05, 3.63) is 70.4 Å². The summed E-state index contributed by atoms with van der Waals surface area (Å²) in [5, 5.41) is 5.18. The summed E-state index contributed by atoms with van der Waals surface area (Å²) in [5.74, 6) is -0.841. The lowest BCUT2D eigenvalue weighted by Gasteiger charge is -2.10. The number of ether oxygens (including phenoxy) is 2. The highest BCUT2D eigenvalue weighted by Gasteiger charge is 2.23. The smallest absolute Gasteiger partial charge is 0.359 e. The number of esters is 2. The number of benzene rings is 2. The van der Waals surface area contributed by atoms with Crippen molar-refractivity contribution in [2.75, 3.05) is 13.2 Å². The second kappa shape index (κ2) is 10.3. The molecule has 0 aliphatic heterocycles. The third-order valence-electron chi connectivity index (χ3n) is 4.79. The van der Waals surface area contributed by atoms with Crippen molar-refractivity contribution in [2.24, 2.45) is 0 Å². The molecule has 0 bridgehead atoms. The van der Waals surface area contributed by atoms with Crippen LogP contribution in [0.5, 0.6) is 0 Å². The van der Waals surface area contributed by atoms with Gasteiger partial charge >= 0.3 is 11.9 Å². The van der Waals surface area contributed by atoms with Crippen LogP contribution in [0.1, 0.15) is 53.1 Å². The first-order valence-corrected chi connectivity index (χ1v) is 10.6. The first-order valence-electron chi connectivity index (χ1n) is 10.3. The van der Waals surface area contributed by atoms with Crippen LogP contribution in [0.2, 0.25) is 5.02 Å². The summed E-state index contributed by atoms with van der Waals surface area (Å²) in [5.41, 5.74) is 3.73. The number of unbranched alkanes of at least 4 members (excludes halogenated alkanes) is 1. The Kier molecular flexibility index (Phi) is 7.47. The lowest BCUT2D eigenvalue weighted by atomic mass is 10.1. The average molecular weight is 441 g/mol. The molecule has 1 aromatic heterocycles. The van der Waals surface area contributed by atoms with E-state index in [0.717, 1.165) is 24.1 Å². The van der Waals surface area contributed by atoms with Crippen LogP contribution in [0.15, 0.2) is 48.5 Å². The maximum Gasteiger partial charge on any atom is 0.359 e. The van der Waals surface area contributed by atoms with Gasteiger partial charge in [-0.1, -0.05) is 37.1 Å². The zero-order chi connectivity index (χ0) is 22.4. The second-order valence-corrected chi connectivity index (χ2v) is 7.43. The summed E-state index contributed by atoms with van der Waals surface area (Å²) in [4.78, 5) is 24.6. The fourth-order valence-electron chi connectivity index (χ4n) is 3.15. The molecule has 0 spiro atoms. The molecule has 0 aliphatic rings. The lowest BCUT2D eigenvalue weighted by Crippen LogP contribution is -2.09. The van der Waals surface area contributed by atoms with Crippen molar-refractivity contribution in [3.8, 4) is 16.9 Å². The predicted molar refractivity (Wildman–Crippen MR) is 120 cm³/mol. The van der Waals surface area contributed by atoms with Crippen LogP contribution in [0, 0.1) is 6.92 Å². The van der Waals surface area contributed by atoms with Crippen molar-refractivity contribution >= 4 is 23.5 Å². The molecule has 2 aromatic carbocycles. The highest BCUT2D eigenvalue weighted by molar-refractivity contribution is 6.30. The van der Waals surface area contributed by atoms with Crippen LogP contribution in [-0.4, -0.2) is 34.9 Å². The largest absolute Gasteiger partial charge is 0.462 e. The number of nitrogens with zero attached hydrogens (tertiary/aromatic N) is 2. The van der Waals surface area contributed by atoms with Crippen LogP contribution in [0.25, 0.3) is 16.9 Å². The molecular weight excluding hydrogens is 416 g/mol. The van der Waals surface area contributed by atoms with Crippen molar-refractivity contribution in [1.82, 2.24) is 9.78 Å². The summed E-state index contributed by atoms with van der Waals surface area (Å²) in [7, 11) is 0. The molecule has 0 radical (unpaired) electrons. The van der Waals surface area contributed by atoms with E-state index in [1.54, 1.807) is 48.0 Å². The van der Waals surface area contributed by atoms with Crippen LogP contribution < -0.4 is 0 Å². The van der Waals surface area contributed by atoms with Gasteiger partial charge in [0.05, 0.1) is 30.2 Å². The van der Waals surface area contributed by atoms with Gasteiger partial charge in [0.15, 0.2) is 5.69 Å². The van der Waals surface area contributed by atoms with E-state index in [9.17, 15) is 9.59 Å². The fourth-order valence-corrected chi connectivity index (χ4v) is 3.28. The SMILES string of the molecule is CCCCOC(=O)c1nn(-c2ccc(C(=O)OCC)cc2)c(-c2ccc(Cl)cc2)c1C. The Morgan fingerprint density at radius 2 is 1.65 bits per heavy atom. The minimum atomic E-state index is -0.456. The van der Waals surface area contributed by atoms with Gasteiger partial charge in [-0.25, -0.2) is 14.3 Å². The van der Waals surface area contributed by atoms with Gasteiger partial charge in [0.2, 0.25) is 0 Å². The molecule has 0 unspecified atom stereocenters. The molecule has 0 amide bonds. The van der Waals surface area contributed by atoms with E-state index in [4.69, 9.17) is 21.1 Å². The summed E-state index contributed by atoms with van der Waals surface area (Å²) < 4.78 is 12.1. The highest BCUT2D eigenvalue weighted by atomic mass is 35.5. The first kappa shape index (κ1) is 22.6. The molecule has 0 atom stereocenters. The molecule has 7 heteroatoms. The maximum absolute atomic E-state index is 12.7. The molecule has 6 nitrogen and oxygen atoms in total. The topological polar surface area (TPSA) is 70.4 Å². The zero-order valence-electron chi connectivity index (χ0n) is 17.9. The highest BCUT2D eigenvalue weighted by Crippen LogP contribution is 2.30. The minimum Gasteiger partial charge on any atom is -0.462 e. The average Bonchev–Trinajstić information content (AvgIpc) is 3.12. The monoisotopic (exact) mass is 440 g/mol. The van der Waals surface area contributed by atoms with Gasteiger partial charge < -0.3 is 9.47 Å². The summed E-state index contributed by atoms with van der Waals surface area (Å²) in [6.45, 7) is 6.30. The molecular formula is C24H25ClN2O4. The van der Waals surface area contributed by atoms with Gasteiger partial charge in [0, 0.05) is 16.1 Å². The van der Waals surface area contributed by atoms with Crippen LogP contribution in [0.4, 0.5) is 0 Å². The molecule has 3 aromatic rings. The molecule has 0 saturated heterocycles. The number of rotatable bonds is 8. The van der Waals surface area contributed by atoms with Crippen LogP contribution in [0.3, 0.4) is 0 Å². The number of carbonyl (C=O) groups is 2.